The summed E-state index contributed by atoms with van der Waals surface area (Å²) in [6.07, 6.45) is 7.17. The summed E-state index contributed by atoms with van der Waals surface area (Å²) >= 11 is 1.51. The van der Waals surface area contributed by atoms with Crippen LogP contribution in [0.4, 0.5) is 0 Å². The van der Waals surface area contributed by atoms with Crippen LogP contribution in [0.3, 0.4) is 0 Å². The second-order valence-electron chi connectivity index (χ2n) is 12.1. The van der Waals surface area contributed by atoms with E-state index in [1.54, 1.807) is 0 Å². The molecular weight excluding hydrogens is 502 g/mol. The maximum Gasteiger partial charge on any atom is 0.277 e. The average molecular weight is 552 g/mol. The molecule has 39 heavy (non-hydrogen) atoms. The number of hydrogen-bond acceptors (Lipinski definition) is 5. The number of nitrogens with zero attached hydrogens (tertiary/aromatic N) is 4. The second kappa shape index (κ2) is 13.9. The van der Waals surface area contributed by atoms with Crippen molar-refractivity contribution in [3.05, 3.63) is 45.1 Å². The molecule has 3 heterocycles. The zero-order valence-corrected chi connectivity index (χ0v) is 25.9. The van der Waals surface area contributed by atoms with Crippen LogP contribution in [0.25, 0.3) is 27.0 Å². The van der Waals surface area contributed by atoms with Crippen molar-refractivity contribution in [2.24, 2.45) is 11.8 Å². The monoisotopic (exact) mass is 551 g/mol. The van der Waals surface area contributed by atoms with Crippen molar-refractivity contribution >= 4 is 38.4 Å². The number of rotatable bonds is 16. The first-order chi connectivity index (χ1) is 18.8. The van der Waals surface area contributed by atoms with Gasteiger partial charge in [-0.25, -0.2) is 9.38 Å². The van der Waals surface area contributed by atoms with Gasteiger partial charge in [-0.2, -0.15) is 0 Å². The van der Waals surface area contributed by atoms with E-state index in [4.69, 9.17) is 4.98 Å². The topological polar surface area (TPSA) is 54.6 Å². The lowest BCUT2D eigenvalue weighted by Gasteiger charge is -2.24. The van der Waals surface area contributed by atoms with Crippen molar-refractivity contribution in [3.63, 3.8) is 0 Å². The molecule has 0 amide bonds. The summed E-state index contributed by atoms with van der Waals surface area (Å²) in [7, 11) is 0. The molecule has 0 aliphatic rings. The van der Waals surface area contributed by atoms with Crippen LogP contribution in [-0.2, 0) is 13.1 Å². The zero-order valence-electron chi connectivity index (χ0n) is 25.1. The Labute approximate surface area is 238 Å². The minimum absolute atomic E-state index is 0.0535. The van der Waals surface area contributed by atoms with Crippen LogP contribution in [-0.4, -0.2) is 45.0 Å². The van der Waals surface area contributed by atoms with Crippen LogP contribution < -0.4 is 10.9 Å². The lowest BCUT2D eigenvalue weighted by molar-refractivity contribution is 0.236. The number of thiophene rings is 1. The highest BCUT2D eigenvalue weighted by Crippen LogP contribution is 2.26. The van der Waals surface area contributed by atoms with E-state index in [0.29, 0.717) is 11.8 Å². The molecule has 4 aromatic rings. The highest BCUT2D eigenvalue weighted by atomic mass is 32.1. The molecule has 3 aromatic heterocycles. The Hall–Kier alpha value is -2.22. The number of unbranched alkanes of at least 4 members (excludes halogenated alkanes) is 2. The van der Waals surface area contributed by atoms with Gasteiger partial charge in [-0.3, -0.25) is 9.69 Å². The fourth-order valence-electron chi connectivity index (χ4n) is 5.27. The molecule has 6 nitrogen and oxygen atoms in total. The minimum atomic E-state index is 0.0535. The Morgan fingerprint density at radius 1 is 1.00 bits per heavy atom. The molecule has 0 aliphatic carbocycles. The van der Waals surface area contributed by atoms with Crippen molar-refractivity contribution < 1.29 is 0 Å². The predicted octanol–water partition coefficient (Wildman–Crippen LogP) is 7.24. The zero-order chi connectivity index (χ0) is 27.9. The molecule has 1 N–H and O–H groups in total. The maximum atomic E-state index is 13.7. The van der Waals surface area contributed by atoms with Gasteiger partial charge in [0.05, 0.1) is 16.6 Å². The van der Waals surface area contributed by atoms with Gasteiger partial charge < -0.3 is 9.88 Å². The summed E-state index contributed by atoms with van der Waals surface area (Å²) < 4.78 is 4.89. The van der Waals surface area contributed by atoms with E-state index in [2.05, 4.69) is 74.5 Å². The van der Waals surface area contributed by atoms with Crippen molar-refractivity contribution in [2.75, 3.05) is 26.2 Å². The fourth-order valence-corrected chi connectivity index (χ4v) is 6.18. The molecule has 0 bridgehead atoms. The van der Waals surface area contributed by atoms with Gasteiger partial charge in [0.25, 0.3) is 5.56 Å². The summed E-state index contributed by atoms with van der Waals surface area (Å²) in [5.74, 6) is 2.16. The van der Waals surface area contributed by atoms with Gasteiger partial charge in [0, 0.05) is 13.1 Å². The first kappa shape index (κ1) is 29.8. The third kappa shape index (κ3) is 7.30. The number of aryl methyl sites for hydroxylation is 2. The smallest absolute Gasteiger partial charge is 0.277 e. The van der Waals surface area contributed by atoms with Crippen LogP contribution in [0.5, 0.6) is 0 Å². The molecule has 0 spiro atoms. The number of aromatic nitrogens is 3. The number of benzene rings is 1. The van der Waals surface area contributed by atoms with E-state index >= 15 is 0 Å². The first-order valence-electron chi connectivity index (χ1n) is 15.1. The molecule has 0 saturated carbocycles. The summed E-state index contributed by atoms with van der Waals surface area (Å²) in [4.78, 5) is 21.3. The Kier molecular flexibility index (Phi) is 10.6. The van der Waals surface area contributed by atoms with Crippen molar-refractivity contribution in [2.45, 2.75) is 93.2 Å². The Balaban J connectivity index is 1.68. The van der Waals surface area contributed by atoms with Crippen LogP contribution in [0, 0.1) is 18.8 Å². The van der Waals surface area contributed by atoms with Gasteiger partial charge >= 0.3 is 0 Å². The fraction of sp³-hybridized carbons (Fsp3) is 0.625. The van der Waals surface area contributed by atoms with E-state index in [9.17, 15) is 4.79 Å². The van der Waals surface area contributed by atoms with E-state index in [0.717, 1.165) is 78.3 Å². The highest BCUT2D eigenvalue weighted by molar-refractivity contribution is 7.17. The third-order valence-corrected chi connectivity index (χ3v) is 8.78. The SMILES string of the molecule is CCCCCNCCCn1c2cc(CN(CCC(C)C)CCC(C)C)ccc2n2c(=O)c3scc(C)c3nc12. The highest BCUT2D eigenvalue weighted by Gasteiger charge is 2.19. The number of imidazole rings is 1. The summed E-state index contributed by atoms with van der Waals surface area (Å²) in [5, 5.41) is 5.65. The van der Waals surface area contributed by atoms with Crippen LogP contribution in [0.15, 0.2) is 28.4 Å². The first-order valence-corrected chi connectivity index (χ1v) is 16.0. The molecule has 0 unspecified atom stereocenters. The predicted molar refractivity (Wildman–Crippen MR) is 168 cm³/mol. The normalized spacial score (nSPS) is 12.4. The molecule has 4 rings (SSSR count). The molecule has 0 fully saturated rings. The van der Waals surface area contributed by atoms with Gasteiger partial charge in [-0.1, -0.05) is 53.5 Å². The molecule has 7 heteroatoms. The molecule has 1 aromatic carbocycles. The van der Waals surface area contributed by atoms with Gasteiger partial charge in [0.1, 0.15) is 4.70 Å². The third-order valence-electron chi connectivity index (χ3n) is 7.71. The Morgan fingerprint density at radius 3 is 2.41 bits per heavy atom. The number of hydrogen-bond donors (Lipinski definition) is 1. The van der Waals surface area contributed by atoms with Gasteiger partial charge in [-0.15, -0.1) is 11.3 Å². The number of nitrogens with one attached hydrogen (secondary N) is 1. The van der Waals surface area contributed by atoms with E-state index < -0.39 is 0 Å². The molecule has 214 valence electrons. The number of fused-ring (bicyclic) bond motifs is 4. The second-order valence-corrected chi connectivity index (χ2v) is 13.0. The van der Waals surface area contributed by atoms with Crippen LogP contribution in [0.2, 0.25) is 0 Å². The molecule has 0 saturated heterocycles. The Morgan fingerprint density at radius 2 is 1.72 bits per heavy atom. The van der Waals surface area contributed by atoms with Gasteiger partial charge in [0.2, 0.25) is 5.78 Å². The van der Waals surface area contributed by atoms with E-state index in [-0.39, 0.29) is 5.56 Å². The standard InChI is InChI=1S/C32H49N5OS/c1-7-8-9-15-33-16-10-17-36-28-20-26(21-35(18-13-23(2)3)19-14-24(4)5)11-12-27(28)37-31(38)30-29(34-32(36)37)25(6)22-39-30/h11-12,20,22-24,33H,7-10,13-19,21H2,1-6H3. The van der Waals surface area contributed by atoms with Gasteiger partial charge in [-0.05, 0) is 99.3 Å². The van der Waals surface area contributed by atoms with E-state index in [1.807, 2.05) is 9.78 Å². The molecule has 0 atom stereocenters. The van der Waals surface area contributed by atoms with Crippen molar-refractivity contribution in [3.8, 4) is 0 Å². The van der Waals surface area contributed by atoms with Crippen molar-refractivity contribution in [1.29, 1.82) is 0 Å². The largest absolute Gasteiger partial charge is 0.317 e. The quantitative estimate of drug-likeness (QED) is 0.149. The molecule has 0 radical (unpaired) electrons. The molecular formula is C32H49N5OS. The lowest BCUT2D eigenvalue weighted by atomic mass is 10.1. The van der Waals surface area contributed by atoms with E-state index in [1.165, 1.54) is 49.0 Å². The molecule has 0 aliphatic heterocycles. The summed E-state index contributed by atoms with van der Waals surface area (Å²) in [6.45, 7) is 19.6. The summed E-state index contributed by atoms with van der Waals surface area (Å²) in [6, 6.07) is 6.68. The average Bonchev–Trinajstić information content (AvgIpc) is 3.43. The summed E-state index contributed by atoms with van der Waals surface area (Å²) in [5.41, 5.74) is 5.37. The van der Waals surface area contributed by atoms with Crippen LogP contribution >= 0.6 is 11.3 Å². The van der Waals surface area contributed by atoms with Crippen molar-refractivity contribution in [1.82, 2.24) is 24.2 Å². The van der Waals surface area contributed by atoms with Gasteiger partial charge in [0.15, 0.2) is 0 Å². The Bertz CT molecular complexity index is 1400. The van der Waals surface area contributed by atoms with Crippen LogP contribution in [0.1, 0.15) is 84.3 Å². The maximum absolute atomic E-state index is 13.7. The lowest BCUT2D eigenvalue weighted by Crippen LogP contribution is -2.27. The minimum Gasteiger partial charge on any atom is -0.317 e.